The molecule has 78 valence electrons. The van der Waals surface area contributed by atoms with E-state index in [9.17, 15) is 0 Å². The van der Waals surface area contributed by atoms with Crippen molar-refractivity contribution in [1.29, 1.82) is 0 Å². The average molecular weight is 256 g/mol. The van der Waals surface area contributed by atoms with Crippen molar-refractivity contribution in [3.8, 4) is 0 Å². The number of benzene rings is 1. The standard InChI is InChI=1S/C12H18BrN/c1-9(2)10(7-8-14)11-5-3-4-6-12(11)13/h3-6,9-10H,7-8,14H2,1-2H3. The zero-order valence-corrected chi connectivity index (χ0v) is 10.4. The van der Waals surface area contributed by atoms with Gasteiger partial charge in [0.15, 0.2) is 0 Å². The fraction of sp³-hybridized carbons (Fsp3) is 0.500. The van der Waals surface area contributed by atoms with Crippen LogP contribution < -0.4 is 5.73 Å². The van der Waals surface area contributed by atoms with Gasteiger partial charge in [0.2, 0.25) is 0 Å². The summed E-state index contributed by atoms with van der Waals surface area (Å²) in [5, 5.41) is 0. The summed E-state index contributed by atoms with van der Waals surface area (Å²) in [7, 11) is 0. The molecule has 2 heteroatoms. The van der Waals surface area contributed by atoms with Gasteiger partial charge in [-0.3, -0.25) is 0 Å². The largest absolute Gasteiger partial charge is 0.330 e. The van der Waals surface area contributed by atoms with Crippen molar-refractivity contribution in [2.45, 2.75) is 26.2 Å². The third-order valence-electron chi connectivity index (χ3n) is 2.59. The molecule has 0 saturated heterocycles. The van der Waals surface area contributed by atoms with Gasteiger partial charge in [-0.15, -0.1) is 0 Å². The van der Waals surface area contributed by atoms with Crippen LogP contribution in [0.5, 0.6) is 0 Å². The molecule has 0 aromatic heterocycles. The lowest BCUT2D eigenvalue weighted by atomic mass is 9.86. The molecule has 0 heterocycles. The van der Waals surface area contributed by atoms with Crippen LogP contribution in [-0.2, 0) is 0 Å². The maximum atomic E-state index is 5.64. The van der Waals surface area contributed by atoms with E-state index in [0.717, 1.165) is 13.0 Å². The van der Waals surface area contributed by atoms with E-state index in [2.05, 4.69) is 48.0 Å². The summed E-state index contributed by atoms with van der Waals surface area (Å²) in [6.45, 7) is 5.25. The van der Waals surface area contributed by atoms with Crippen LogP contribution in [0.1, 0.15) is 31.7 Å². The SMILES string of the molecule is CC(C)C(CCN)c1ccccc1Br. The van der Waals surface area contributed by atoms with Crippen LogP contribution in [0.25, 0.3) is 0 Å². The Morgan fingerprint density at radius 3 is 2.43 bits per heavy atom. The molecule has 1 aromatic carbocycles. The molecule has 14 heavy (non-hydrogen) atoms. The van der Waals surface area contributed by atoms with Crippen LogP contribution in [0.4, 0.5) is 0 Å². The third kappa shape index (κ3) is 2.82. The average Bonchev–Trinajstić information content (AvgIpc) is 2.15. The Morgan fingerprint density at radius 1 is 1.29 bits per heavy atom. The van der Waals surface area contributed by atoms with E-state index >= 15 is 0 Å². The first-order chi connectivity index (χ1) is 6.66. The van der Waals surface area contributed by atoms with E-state index in [1.54, 1.807) is 0 Å². The lowest BCUT2D eigenvalue weighted by molar-refractivity contribution is 0.472. The molecule has 1 atom stereocenters. The molecule has 0 bridgehead atoms. The van der Waals surface area contributed by atoms with Gasteiger partial charge in [0.25, 0.3) is 0 Å². The highest BCUT2D eigenvalue weighted by atomic mass is 79.9. The predicted octanol–water partition coefficient (Wildman–Crippen LogP) is 3.54. The first-order valence-electron chi connectivity index (χ1n) is 5.11. The Labute approximate surface area is 94.8 Å². The number of halogens is 1. The summed E-state index contributed by atoms with van der Waals surface area (Å²) in [5.74, 6) is 1.20. The topological polar surface area (TPSA) is 26.0 Å². The molecular formula is C12H18BrN. The second kappa shape index (κ2) is 5.52. The zero-order valence-electron chi connectivity index (χ0n) is 8.83. The van der Waals surface area contributed by atoms with E-state index in [-0.39, 0.29) is 0 Å². The molecule has 1 nitrogen and oxygen atoms in total. The highest BCUT2D eigenvalue weighted by Gasteiger charge is 2.16. The van der Waals surface area contributed by atoms with Crippen molar-refractivity contribution in [2.75, 3.05) is 6.54 Å². The van der Waals surface area contributed by atoms with Gasteiger partial charge in [-0.25, -0.2) is 0 Å². The van der Waals surface area contributed by atoms with Crippen molar-refractivity contribution in [1.82, 2.24) is 0 Å². The third-order valence-corrected chi connectivity index (χ3v) is 3.31. The minimum absolute atomic E-state index is 0.565. The van der Waals surface area contributed by atoms with Gasteiger partial charge in [-0.05, 0) is 36.4 Å². The summed E-state index contributed by atoms with van der Waals surface area (Å²) in [4.78, 5) is 0. The van der Waals surface area contributed by atoms with Gasteiger partial charge in [-0.2, -0.15) is 0 Å². The van der Waals surface area contributed by atoms with Gasteiger partial charge in [0, 0.05) is 4.47 Å². The first kappa shape index (κ1) is 11.7. The van der Waals surface area contributed by atoms with Crippen molar-refractivity contribution in [3.05, 3.63) is 34.3 Å². The Balaban J connectivity index is 2.93. The maximum absolute atomic E-state index is 5.64. The van der Waals surface area contributed by atoms with Crippen LogP contribution in [0.15, 0.2) is 28.7 Å². The van der Waals surface area contributed by atoms with Crippen molar-refractivity contribution in [2.24, 2.45) is 11.7 Å². The van der Waals surface area contributed by atoms with Gasteiger partial charge in [0.05, 0.1) is 0 Å². The lowest BCUT2D eigenvalue weighted by Crippen LogP contribution is -2.13. The second-order valence-corrected chi connectivity index (χ2v) is 4.80. The van der Waals surface area contributed by atoms with E-state index in [1.807, 2.05) is 6.07 Å². The molecule has 0 aliphatic heterocycles. The Bertz CT molecular complexity index is 283. The summed E-state index contributed by atoms with van der Waals surface area (Å²) in [6, 6.07) is 8.42. The lowest BCUT2D eigenvalue weighted by Gasteiger charge is -2.21. The van der Waals surface area contributed by atoms with E-state index < -0.39 is 0 Å². The summed E-state index contributed by atoms with van der Waals surface area (Å²) >= 11 is 3.59. The van der Waals surface area contributed by atoms with Gasteiger partial charge >= 0.3 is 0 Å². The van der Waals surface area contributed by atoms with E-state index in [0.29, 0.717) is 11.8 Å². The molecule has 1 rings (SSSR count). The monoisotopic (exact) mass is 255 g/mol. The summed E-state index contributed by atoms with van der Waals surface area (Å²) < 4.78 is 1.20. The molecular weight excluding hydrogens is 238 g/mol. The number of hydrogen-bond donors (Lipinski definition) is 1. The molecule has 1 unspecified atom stereocenters. The van der Waals surface area contributed by atoms with Crippen molar-refractivity contribution < 1.29 is 0 Å². The number of hydrogen-bond acceptors (Lipinski definition) is 1. The molecule has 1 aromatic rings. The fourth-order valence-corrected chi connectivity index (χ4v) is 2.38. The fourth-order valence-electron chi connectivity index (χ4n) is 1.80. The van der Waals surface area contributed by atoms with Crippen LogP contribution in [0, 0.1) is 5.92 Å². The minimum atomic E-state index is 0.565. The molecule has 0 amide bonds. The van der Waals surface area contributed by atoms with Crippen LogP contribution in [0.2, 0.25) is 0 Å². The molecule has 2 N–H and O–H groups in total. The van der Waals surface area contributed by atoms with Crippen LogP contribution in [-0.4, -0.2) is 6.54 Å². The molecule has 0 spiro atoms. The zero-order chi connectivity index (χ0) is 10.6. The van der Waals surface area contributed by atoms with Gasteiger partial charge in [0.1, 0.15) is 0 Å². The second-order valence-electron chi connectivity index (χ2n) is 3.95. The molecule has 0 saturated carbocycles. The predicted molar refractivity (Wildman–Crippen MR) is 65.4 cm³/mol. The van der Waals surface area contributed by atoms with Crippen molar-refractivity contribution in [3.63, 3.8) is 0 Å². The minimum Gasteiger partial charge on any atom is -0.330 e. The first-order valence-corrected chi connectivity index (χ1v) is 5.90. The summed E-state index contributed by atoms with van der Waals surface area (Å²) in [5.41, 5.74) is 7.02. The smallest absolute Gasteiger partial charge is 0.0210 e. The highest BCUT2D eigenvalue weighted by Crippen LogP contribution is 2.32. The Morgan fingerprint density at radius 2 is 1.93 bits per heavy atom. The van der Waals surface area contributed by atoms with Gasteiger partial charge < -0.3 is 5.73 Å². The van der Waals surface area contributed by atoms with Crippen LogP contribution in [0.3, 0.4) is 0 Å². The Kier molecular flexibility index (Phi) is 4.63. The molecule has 0 radical (unpaired) electrons. The van der Waals surface area contributed by atoms with Crippen molar-refractivity contribution >= 4 is 15.9 Å². The quantitative estimate of drug-likeness (QED) is 0.876. The number of rotatable bonds is 4. The van der Waals surface area contributed by atoms with E-state index in [1.165, 1.54) is 10.0 Å². The Hall–Kier alpha value is -0.340. The van der Waals surface area contributed by atoms with Gasteiger partial charge in [-0.1, -0.05) is 48.0 Å². The summed E-state index contributed by atoms with van der Waals surface area (Å²) in [6.07, 6.45) is 1.06. The molecule has 0 fully saturated rings. The number of nitrogens with two attached hydrogens (primary N) is 1. The normalized spacial score (nSPS) is 13.2. The molecule has 0 aliphatic carbocycles. The maximum Gasteiger partial charge on any atom is 0.0210 e. The van der Waals surface area contributed by atoms with E-state index in [4.69, 9.17) is 5.73 Å². The highest BCUT2D eigenvalue weighted by molar-refractivity contribution is 9.10. The van der Waals surface area contributed by atoms with Crippen LogP contribution >= 0.6 is 15.9 Å². The molecule has 0 aliphatic rings.